The van der Waals surface area contributed by atoms with Crippen LogP contribution in [-0.2, 0) is 10.5 Å². The van der Waals surface area contributed by atoms with Crippen LogP contribution in [0.5, 0.6) is 0 Å². The Morgan fingerprint density at radius 1 is 1.48 bits per heavy atom. The van der Waals surface area contributed by atoms with Crippen molar-refractivity contribution in [1.82, 2.24) is 10.1 Å². The van der Waals surface area contributed by atoms with Crippen LogP contribution in [0.3, 0.4) is 0 Å². The number of amides is 1. The van der Waals surface area contributed by atoms with E-state index in [0.29, 0.717) is 11.5 Å². The molecule has 0 aromatic carbocycles. The molecule has 0 unspecified atom stereocenters. The monoisotopic (exact) mass is 350 g/mol. The smallest absolute Gasteiger partial charge is 0.232 e. The van der Waals surface area contributed by atoms with Crippen molar-refractivity contribution < 1.29 is 9.32 Å². The van der Waals surface area contributed by atoms with Crippen molar-refractivity contribution in [2.75, 3.05) is 18.8 Å². The largest absolute Gasteiger partial charge is 0.355 e. The molecule has 23 heavy (non-hydrogen) atoms. The first-order chi connectivity index (χ1) is 11.2. The van der Waals surface area contributed by atoms with Crippen molar-refractivity contribution in [3.63, 3.8) is 0 Å². The van der Waals surface area contributed by atoms with E-state index in [4.69, 9.17) is 4.52 Å². The number of thioether (sulfide) groups is 1. The number of rotatable bonds is 5. The maximum Gasteiger partial charge on any atom is 0.232 e. The second-order valence-corrected chi connectivity index (χ2v) is 8.00. The van der Waals surface area contributed by atoms with E-state index in [1.54, 1.807) is 23.1 Å². The van der Waals surface area contributed by atoms with Gasteiger partial charge in [-0.05, 0) is 36.6 Å². The molecule has 1 aliphatic rings. The molecule has 4 nitrogen and oxygen atoms in total. The third-order valence-electron chi connectivity index (χ3n) is 4.17. The average molecular weight is 351 g/mol. The second-order valence-electron chi connectivity index (χ2n) is 6.07. The topological polar surface area (TPSA) is 46.3 Å². The van der Waals surface area contributed by atoms with E-state index in [9.17, 15) is 4.79 Å². The summed E-state index contributed by atoms with van der Waals surface area (Å²) in [5.74, 6) is 3.04. The summed E-state index contributed by atoms with van der Waals surface area (Å²) in [6, 6.07) is 5.99. The van der Waals surface area contributed by atoms with Gasteiger partial charge in [-0.2, -0.15) is 0 Å². The van der Waals surface area contributed by atoms with Gasteiger partial charge in [0.2, 0.25) is 5.91 Å². The van der Waals surface area contributed by atoms with E-state index in [-0.39, 0.29) is 5.91 Å². The van der Waals surface area contributed by atoms with Crippen molar-refractivity contribution >= 4 is 29.0 Å². The van der Waals surface area contributed by atoms with Gasteiger partial charge in [-0.15, -0.1) is 23.1 Å². The number of likely N-dealkylation sites (tertiary alicyclic amines) is 1. The maximum absolute atomic E-state index is 12.3. The fourth-order valence-corrected chi connectivity index (χ4v) is 4.24. The summed E-state index contributed by atoms with van der Waals surface area (Å²) in [4.78, 5) is 15.4. The molecular weight excluding hydrogens is 328 g/mol. The number of nitrogens with zero attached hydrogens (tertiary/aromatic N) is 2. The SMILES string of the molecule is C[C@@H]1CCCN(C(=O)CSCc2cc(-c3cccs3)on2)CC1. The highest BCUT2D eigenvalue weighted by molar-refractivity contribution is 7.99. The zero-order valence-corrected chi connectivity index (χ0v) is 15.0. The van der Waals surface area contributed by atoms with Crippen LogP contribution in [0.25, 0.3) is 10.6 Å². The van der Waals surface area contributed by atoms with Gasteiger partial charge in [0.15, 0.2) is 5.76 Å². The number of hydrogen-bond acceptors (Lipinski definition) is 5. The van der Waals surface area contributed by atoms with Crippen LogP contribution in [-0.4, -0.2) is 34.8 Å². The first-order valence-corrected chi connectivity index (χ1v) is 10.1. The molecule has 1 aliphatic heterocycles. The minimum absolute atomic E-state index is 0.256. The van der Waals surface area contributed by atoms with Crippen LogP contribution in [0, 0.1) is 5.92 Å². The highest BCUT2D eigenvalue weighted by Gasteiger charge is 2.18. The van der Waals surface area contributed by atoms with Gasteiger partial charge in [0.1, 0.15) is 0 Å². The standard InChI is InChI=1S/C17H22N2O2S2/c1-13-4-2-7-19(8-6-13)17(20)12-22-11-14-10-15(21-18-14)16-5-3-9-23-16/h3,5,9-10,13H,2,4,6-8,11-12H2,1H3/t13-/m1/s1. The minimum atomic E-state index is 0.256. The fraction of sp³-hybridized carbons (Fsp3) is 0.529. The van der Waals surface area contributed by atoms with E-state index in [1.807, 2.05) is 28.5 Å². The molecule has 1 atom stereocenters. The zero-order valence-electron chi connectivity index (χ0n) is 13.4. The Morgan fingerprint density at radius 3 is 3.22 bits per heavy atom. The quantitative estimate of drug-likeness (QED) is 0.807. The predicted molar refractivity (Wildman–Crippen MR) is 95.6 cm³/mol. The summed E-state index contributed by atoms with van der Waals surface area (Å²) in [7, 11) is 0. The summed E-state index contributed by atoms with van der Waals surface area (Å²) >= 11 is 3.25. The van der Waals surface area contributed by atoms with Crippen LogP contribution in [0.2, 0.25) is 0 Å². The molecule has 0 radical (unpaired) electrons. The third kappa shape index (κ3) is 4.61. The summed E-state index contributed by atoms with van der Waals surface area (Å²) in [5.41, 5.74) is 0.899. The Hall–Kier alpha value is -1.27. The van der Waals surface area contributed by atoms with Crippen molar-refractivity contribution in [1.29, 1.82) is 0 Å². The molecule has 6 heteroatoms. The normalized spacial score (nSPS) is 18.8. The Morgan fingerprint density at radius 2 is 2.39 bits per heavy atom. The lowest BCUT2D eigenvalue weighted by atomic mass is 10.0. The van der Waals surface area contributed by atoms with Gasteiger partial charge in [0.05, 0.1) is 16.3 Å². The van der Waals surface area contributed by atoms with Crippen LogP contribution >= 0.6 is 23.1 Å². The van der Waals surface area contributed by atoms with Gasteiger partial charge in [0.25, 0.3) is 0 Å². The van der Waals surface area contributed by atoms with Gasteiger partial charge in [0, 0.05) is 24.9 Å². The lowest BCUT2D eigenvalue weighted by molar-refractivity contribution is -0.128. The summed E-state index contributed by atoms with van der Waals surface area (Å²) < 4.78 is 5.36. The van der Waals surface area contributed by atoms with Gasteiger partial charge in [-0.3, -0.25) is 4.79 Å². The number of aromatic nitrogens is 1. The van der Waals surface area contributed by atoms with Crippen LogP contribution in [0.4, 0.5) is 0 Å². The van der Waals surface area contributed by atoms with E-state index >= 15 is 0 Å². The molecule has 0 spiro atoms. The van der Waals surface area contributed by atoms with E-state index in [0.717, 1.165) is 48.2 Å². The highest BCUT2D eigenvalue weighted by atomic mass is 32.2. The molecule has 1 fully saturated rings. The van der Waals surface area contributed by atoms with E-state index in [1.165, 1.54) is 6.42 Å². The van der Waals surface area contributed by atoms with Gasteiger partial charge in [-0.25, -0.2) is 0 Å². The molecule has 3 rings (SSSR count). The zero-order chi connectivity index (χ0) is 16.1. The first-order valence-electron chi connectivity index (χ1n) is 8.07. The molecule has 2 aromatic rings. The Bertz CT molecular complexity index is 624. The predicted octanol–water partition coefficient (Wildman–Crippen LogP) is 4.28. The van der Waals surface area contributed by atoms with E-state index in [2.05, 4.69) is 12.1 Å². The molecule has 1 saturated heterocycles. The summed E-state index contributed by atoms with van der Waals surface area (Å²) in [6.07, 6.45) is 3.50. The van der Waals surface area contributed by atoms with Gasteiger partial charge < -0.3 is 9.42 Å². The molecule has 0 N–H and O–H groups in total. The lowest BCUT2D eigenvalue weighted by Gasteiger charge is -2.20. The average Bonchev–Trinajstić information content (AvgIpc) is 3.17. The highest BCUT2D eigenvalue weighted by Crippen LogP contribution is 2.26. The van der Waals surface area contributed by atoms with Crippen molar-refractivity contribution in [2.45, 2.75) is 31.9 Å². The van der Waals surface area contributed by atoms with Crippen molar-refractivity contribution in [3.05, 3.63) is 29.3 Å². The summed E-state index contributed by atoms with van der Waals surface area (Å²) in [5, 5.41) is 6.11. The molecule has 1 amide bonds. The van der Waals surface area contributed by atoms with Gasteiger partial charge in [-0.1, -0.05) is 18.1 Å². The maximum atomic E-state index is 12.3. The lowest BCUT2D eigenvalue weighted by Crippen LogP contribution is -2.33. The first kappa shape index (κ1) is 16.6. The van der Waals surface area contributed by atoms with Crippen LogP contribution in [0.1, 0.15) is 31.9 Å². The molecule has 0 saturated carbocycles. The van der Waals surface area contributed by atoms with Crippen LogP contribution in [0.15, 0.2) is 28.1 Å². The third-order valence-corrected chi connectivity index (χ3v) is 6.00. The molecule has 0 aliphatic carbocycles. The van der Waals surface area contributed by atoms with Gasteiger partial charge >= 0.3 is 0 Å². The molecule has 3 heterocycles. The van der Waals surface area contributed by atoms with E-state index < -0.39 is 0 Å². The number of thiophene rings is 1. The Balaban J connectivity index is 1.45. The Kier molecular flexibility index (Phi) is 5.78. The van der Waals surface area contributed by atoms with Crippen molar-refractivity contribution in [2.24, 2.45) is 5.92 Å². The second kappa shape index (κ2) is 8.02. The van der Waals surface area contributed by atoms with Crippen LogP contribution < -0.4 is 0 Å². The number of carbonyl (C=O) groups excluding carboxylic acids is 1. The molecule has 124 valence electrons. The molecule has 0 bridgehead atoms. The number of carbonyl (C=O) groups is 1. The molecular formula is C17H22N2O2S2. The molecule has 2 aromatic heterocycles. The number of hydrogen-bond donors (Lipinski definition) is 0. The minimum Gasteiger partial charge on any atom is -0.355 e. The Labute approximate surface area is 145 Å². The summed E-state index contributed by atoms with van der Waals surface area (Å²) in [6.45, 7) is 4.10. The fourth-order valence-electron chi connectivity index (χ4n) is 2.76. The van der Waals surface area contributed by atoms with Crippen molar-refractivity contribution in [3.8, 4) is 10.6 Å².